The standard InChI is InChI=1S/C19H23N3O3/c1-13(19(24)22-10-6-3-7-11-22)20-18(23)16-12-17(25-2)14-8-4-5-9-15(14)21-16/h4-5,8-9,12-13H,3,6-7,10-11H2,1-2H3,(H,20,23)/t13-/m0/s1. The molecular weight excluding hydrogens is 318 g/mol. The van der Waals surface area contributed by atoms with Gasteiger partial charge in [-0.05, 0) is 38.3 Å². The Morgan fingerprint density at radius 3 is 2.64 bits per heavy atom. The van der Waals surface area contributed by atoms with E-state index < -0.39 is 6.04 Å². The van der Waals surface area contributed by atoms with E-state index in [9.17, 15) is 9.59 Å². The van der Waals surface area contributed by atoms with Crippen LogP contribution >= 0.6 is 0 Å². The van der Waals surface area contributed by atoms with E-state index in [0.29, 0.717) is 11.3 Å². The van der Waals surface area contributed by atoms with Gasteiger partial charge in [-0.2, -0.15) is 0 Å². The summed E-state index contributed by atoms with van der Waals surface area (Å²) in [5.41, 5.74) is 0.927. The molecule has 1 aliphatic rings. The number of likely N-dealkylation sites (tertiary alicyclic amines) is 1. The summed E-state index contributed by atoms with van der Waals surface area (Å²) in [6, 6.07) is 8.51. The first-order valence-electron chi connectivity index (χ1n) is 8.63. The van der Waals surface area contributed by atoms with Crippen LogP contribution in [0.4, 0.5) is 0 Å². The fourth-order valence-corrected chi connectivity index (χ4v) is 3.15. The molecule has 1 fully saturated rings. The lowest BCUT2D eigenvalue weighted by molar-refractivity contribution is -0.133. The van der Waals surface area contributed by atoms with Crippen LogP contribution in [-0.2, 0) is 4.79 Å². The Kier molecular flexibility index (Phi) is 5.16. The zero-order chi connectivity index (χ0) is 17.8. The summed E-state index contributed by atoms with van der Waals surface area (Å²) in [5, 5.41) is 3.61. The molecule has 1 saturated heterocycles. The molecule has 3 rings (SSSR count). The van der Waals surface area contributed by atoms with Crippen LogP contribution in [0, 0.1) is 0 Å². The molecule has 6 heteroatoms. The van der Waals surface area contributed by atoms with E-state index in [1.807, 2.05) is 29.2 Å². The normalized spacial score (nSPS) is 15.7. The quantitative estimate of drug-likeness (QED) is 0.927. The number of pyridine rings is 1. The van der Waals surface area contributed by atoms with Gasteiger partial charge in [0.1, 0.15) is 17.5 Å². The van der Waals surface area contributed by atoms with Crippen LogP contribution in [0.3, 0.4) is 0 Å². The largest absolute Gasteiger partial charge is 0.496 e. The van der Waals surface area contributed by atoms with Gasteiger partial charge in [-0.3, -0.25) is 9.59 Å². The third-order valence-electron chi connectivity index (χ3n) is 4.52. The number of benzene rings is 1. The highest BCUT2D eigenvalue weighted by atomic mass is 16.5. The minimum absolute atomic E-state index is 0.0409. The highest BCUT2D eigenvalue weighted by Crippen LogP contribution is 2.25. The predicted molar refractivity (Wildman–Crippen MR) is 95.7 cm³/mol. The number of rotatable bonds is 4. The summed E-state index contributed by atoms with van der Waals surface area (Å²) in [5.74, 6) is 0.175. The molecule has 132 valence electrons. The SMILES string of the molecule is COc1cc(C(=O)N[C@@H](C)C(=O)N2CCCCC2)nc2ccccc12. The lowest BCUT2D eigenvalue weighted by atomic mass is 10.1. The highest BCUT2D eigenvalue weighted by Gasteiger charge is 2.24. The summed E-state index contributed by atoms with van der Waals surface area (Å²) < 4.78 is 5.37. The van der Waals surface area contributed by atoms with Gasteiger partial charge in [0, 0.05) is 24.5 Å². The number of hydrogen-bond donors (Lipinski definition) is 1. The van der Waals surface area contributed by atoms with Crippen molar-refractivity contribution in [3.8, 4) is 5.75 Å². The van der Waals surface area contributed by atoms with Crippen LogP contribution in [0.1, 0.15) is 36.7 Å². The second kappa shape index (κ2) is 7.51. The average Bonchev–Trinajstić information content (AvgIpc) is 2.67. The number of aromatic nitrogens is 1. The number of hydrogen-bond acceptors (Lipinski definition) is 4. The second-order valence-electron chi connectivity index (χ2n) is 6.31. The van der Waals surface area contributed by atoms with Gasteiger partial charge in [-0.1, -0.05) is 12.1 Å². The van der Waals surface area contributed by atoms with Crippen LogP contribution in [-0.4, -0.2) is 47.9 Å². The number of nitrogens with one attached hydrogen (secondary N) is 1. The van der Waals surface area contributed by atoms with Crippen LogP contribution in [0.25, 0.3) is 10.9 Å². The maximum atomic E-state index is 12.6. The predicted octanol–water partition coefficient (Wildman–Crippen LogP) is 2.37. The van der Waals surface area contributed by atoms with Gasteiger partial charge in [-0.25, -0.2) is 4.98 Å². The Balaban J connectivity index is 1.76. The molecule has 0 saturated carbocycles. The molecular formula is C19H23N3O3. The molecule has 1 aromatic carbocycles. The number of piperidine rings is 1. The molecule has 1 atom stereocenters. The Morgan fingerprint density at radius 2 is 1.92 bits per heavy atom. The van der Waals surface area contributed by atoms with Crippen molar-refractivity contribution in [1.29, 1.82) is 0 Å². The number of nitrogens with zero attached hydrogens (tertiary/aromatic N) is 2. The van der Waals surface area contributed by atoms with Gasteiger partial charge in [0.2, 0.25) is 5.91 Å². The second-order valence-corrected chi connectivity index (χ2v) is 6.31. The van der Waals surface area contributed by atoms with Gasteiger partial charge in [0.25, 0.3) is 5.91 Å². The number of fused-ring (bicyclic) bond motifs is 1. The summed E-state index contributed by atoms with van der Waals surface area (Å²) in [6.07, 6.45) is 3.21. The fourth-order valence-electron chi connectivity index (χ4n) is 3.15. The molecule has 2 heterocycles. The summed E-state index contributed by atoms with van der Waals surface area (Å²) in [7, 11) is 1.56. The fraction of sp³-hybridized carbons (Fsp3) is 0.421. The molecule has 0 radical (unpaired) electrons. The van der Waals surface area contributed by atoms with Crippen molar-refractivity contribution in [1.82, 2.24) is 15.2 Å². The van der Waals surface area contributed by atoms with Gasteiger partial charge in [0.15, 0.2) is 0 Å². The third kappa shape index (κ3) is 3.73. The Labute approximate surface area is 147 Å². The van der Waals surface area contributed by atoms with Crippen molar-refractivity contribution in [2.45, 2.75) is 32.2 Å². The van der Waals surface area contributed by atoms with Crippen molar-refractivity contribution in [3.63, 3.8) is 0 Å². The maximum Gasteiger partial charge on any atom is 0.270 e. The Bertz CT molecular complexity index is 785. The number of carbonyl (C=O) groups is 2. The van der Waals surface area contributed by atoms with Crippen molar-refractivity contribution in [3.05, 3.63) is 36.0 Å². The monoisotopic (exact) mass is 341 g/mol. The minimum Gasteiger partial charge on any atom is -0.496 e. The van der Waals surface area contributed by atoms with Crippen molar-refractivity contribution < 1.29 is 14.3 Å². The first-order chi connectivity index (χ1) is 12.1. The molecule has 1 N–H and O–H groups in total. The smallest absolute Gasteiger partial charge is 0.270 e. The summed E-state index contributed by atoms with van der Waals surface area (Å²) in [6.45, 7) is 3.25. The lowest BCUT2D eigenvalue weighted by Gasteiger charge is -2.29. The van der Waals surface area contributed by atoms with Crippen molar-refractivity contribution in [2.75, 3.05) is 20.2 Å². The van der Waals surface area contributed by atoms with Crippen LogP contribution < -0.4 is 10.1 Å². The summed E-state index contributed by atoms with van der Waals surface area (Å²) >= 11 is 0. The number of methoxy groups -OCH3 is 1. The lowest BCUT2D eigenvalue weighted by Crippen LogP contribution is -2.48. The maximum absolute atomic E-state index is 12.6. The van der Waals surface area contributed by atoms with E-state index in [1.165, 1.54) is 0 Å². The van der Waals surface area contributed by atoms with Gasteiger partial charge in [-0.15, -0.1) is 0 Å². The molecule has 6 nitrogen and oxygen atoms in total. The Hall–Kier alpha value is -2.63. The van der Waals surface area contributed by atoms with Gasteiger partial charge >= 0.3 is 0 Å². The topological polar surface area (TPSA) is 71.5 Å². The number of amides is 2. The van der Waals surface area contributed by atoms with Crippen LogP contribution in [0.15, 0.2) is 30.3 Å². The molecule has 2 amide bonds. The van der Waals surface area contributed by atoms with Crippen LogP contribution in [0.5, 0.6) is 5.75 Å². The zero-order valence-corrected chi connectivity index (χ0v) is 14.6. The van der Waals surface area contributed by atoms with Crippen LogP contribution in [0.2, 0.25) is 0 Å². The zero-order valence-electron chi connectivity index (χ0n) is 14.6. The molecule has 0 bridgehead atoms. The van der Waals surface area contributed by atoms with E-state index in [1.54, 1.807) is 20.1 Å². The molecule has 2 aromatic rings. The van der Waals surface area contributed by atoms with E-state index in [0.717, 1.165) is 37.7 Å². The first kappa shape index (κ1) is 17.2. The summed E-state index contributed by atoms with van der Waals surface area (Å²) in [4.78, 5) is 31.2. The van der Waals surface area contributed by atoms with Gasteiger partial charge in [0.05, 0.1) is 12.6 Å². The van der Waals surface area contributed by atoms with E-state index >= 15 is 0 Å². The number of para-hydroxylation sites is 1. The molecule has 0 spiro atoms. The number of ether oxygens (including phenoxy) is 1. The molecule has 0 aliphatic carbocycles. The average molecular weight is 341 g/mol. The molecule has 1 aromatic heterocycles. The van der Waals surface area contributed by atoms with E-state index in [-0.39, 0.29) is 17.5 Å². The van der Waals surface area contributed by atoms with Crippen molar-refractivity contribution in [2.24, 2.45) is 0 Å². The van der Waals surface area contributed by atoms with E-state index in [2.05, 4.69) is 10.3 Å². The highest BCUT2D eigenvalue weighted by molar-refractivity contribution is 5.99. The molecule has 0 unspecified atom stereocenters. The third-order valence-corrected chi connectivity index (χ3v) is 4.52. The van der Waals surface area contributed by atoms with Gasteiger partial charge < -0.3 is 15.0 Å². The Morgan fingerprint density at radius 1 is 1.20 bits per heavy atom. The molecule has 1 aliphatic heterocycles. The van der Waals surface area contributed by atoms with E-state index in [4.69, 9.17) is 4.74 Å². The first-order valence-corrected chi connectivity index (χ1v) is 8.63. The molecule has 25 heavy (non-hydrogen) atoms. The number of carbonyl (C=O) groups excluding carboxylic acids is 2. The van der Waals surface area contributed by atoms with Crippen molar-refractivity contribution >= 4 is 22.7 Å². The minimum atomic E-state index is -0.579.